The van der Waals surface area contributed by atoms with E-state index in [0.717, 1.165) is 12.7 Å². The molecule has 0 spiro atoms. The van der Waals surface area contributed by atoms with E-state index in [0.29, 0.717) is 0 Å². The predicted molar refractivity (Wildman–Crippen MR) is 43.8 cm³/mol. The zero-order chi connectivity index (χ0) is 7.11. The van der Waals surface area contributed by atoms with E-state index in [1.165, 1.54) is 18.4 Å². The van der Waals surface area contributed by atoms with Gasteiger partial charge in [-0.15, -0.1) is 0 Å². The van der Waals surface area contributed by atoms with E-state index in [1.807, 2.05) is 0 Å². The van der Waals surface area contributed by atoms with Crippen LogP contribution in [0.2, 0.25) is 6.32 Å². The molecule has 0 aliphatic rings. The molecule has 0 amide bonds. The standard InChI is InChI=1S/C8H15B/c1-3-5-8(2)6-4-7-9/h6H,3-5,7H2,1-2H3. The van der Waals surface area contributed by atoms with Crippen molar-refractivity contribution in [2.45, 2.75) is 39.4 Å². The normalized spacial score (nSPS) is 12.0. The summed E-state index contributed by atoms with van der Waals surface area (Å²) in [5.41, 5.74) is 1.47. The predicted octanol–water partition coefficient (Wildman–Crippen LogP) is 2.71. The molecule has 0 nitrogen and oxygen atoms in total. The Labute approximate surface area is 59.8 Å². The van der Waals surface area contributed by atoms with Crippen molar-refractivity contribution in [3.05, 3.63) is 11.6 Å². The molecule has 1 heteroatoms. The van der Waals surface area contributed by atoms with E-state index in [4.69, 9.17) is 7.85 Å². The Morgan fingerprint density at radius 1 is 1.56 bits per heavy atom. The molecule has 0 rings (SSSR count). The molecule has 0 aromatic rings. The van der Waals surface area contributed by atoms with Gasteiger partial charge in [0.15, 0.2) is 0 Å². The molecule has 0 aromatic carbocycles. The van der Waals surface area contributed by atoms with Crippen molar-refractivity contribution in [3.8, 4) is 0 Å². The fourth-order valence-electron chi connectivity index (χ4n) is 0.826. The van der Waals surface area contributed by atoms with Gasteiger partial charge in [-0.25, -0.2) is 0 Å². The molecule has 0 aliphatic heterocycles. The Morgan fingerprint density at radius 2 is 2.22 bits per heavy atom. The van der Waals surface area contributed by atoms with Crippen molar-refractivity contribution in [2.24, 2.45) is 0 Å². The lowest BCUT2D eigenvalue weighted by atomic mass is 10.00. The first-order valence-corrected chi connectivity index (χ1v) is 3.67. The third kappa shape index (κ3) is 5.68. The fraction of sp³-hybridized carbons (Fsp3) is 0.750. The van der Waals surface area contributed by atoms with Gasteiger partial charge in [0.25, 0.3) is 0 Å². The van der Waals surface area contributed by atoms with E-state index in [-0.39, 0.29) is 0 Å². The maximum atomic E-state index is 5.33. The Bertz CT molecular complexity index is 84.6. The van der Waals surface area contributed by atoms with Gasteiger partial charge in [0.1, 0.15) is 0 Å². The van der Waals surface area contributed by atoms with Crippen molar-refractivity contribution in [2.75, 3.05) is 0 Å². The van der Waals surface area contributed by atoms with Crippen LogP contribution in [0.3, 0.4) is 0 Å². The summed E-state index contributed by atoms with van der Waals surface area (Å²) < 4.78 is 0. The van der Waals surface area contributed by atoms with Crippen molar-refractivity contribution < 1.29 is 0 Å². The molecule has 0 aliphatic carbocycles. The van der Waals surface area contributed by atoms with Crippen LogP contribution in [0.4, 0.5) is 0 Å². The van der Waals surface area contributed by atoms with Crippen LogP contribution in [-0.4, -0.2) is 7.85 Å². The zero-order valence-electron chi connectivity index (χ0n) is 6.48. The van der Waals surface area contributed by atoms with Gasteiger partial charge in [0.05, 0.1) is 7.85 Å². The van der Waals surface area contributed by atoms with Gasteiger partial charge in [-0.2, -0.15) is 0 Å². The maximum absolute atomic E-state index is 5.33. The lowest BCUT2D eigenvalue weighted by Crippen LogP contribution is -1.75. The summed E-state index contributed by atoms with van der Waals surface area (Å²) in [5, 5.41) is 0. The molecule has 0 aromatic heterocycles. The van der Waals surface area contributed by atoms with Crippen LogP contribution in [0.25, 0.3) is 0 Å². The third-order valence-corrected chi connectivity index (χ3v) is 1.30. The smallest absolute Gasteiger partial charge is 0.0657 e. The maximum Gasteiger partial charge on any atom is 0.0657 e. The summed E-state index contributed by atoms with van der Waals surface area (Å²) in [6.45, 7) is 4.36. The van der Waals surface area contributed by atoms with E-state index >= 15 is 0 Å². The van der Waals surface area contributed by atoms with Gasteiger partial charge in [0.2, 0.25) is 0 Å². The molecule has 50 valence electrons. The Kier molecular flexibility index (Phi) is 5.80. The average Bonchev–Trinajstić information content (AvgIpc) is 1.85. The minimum atomic E-state index is 0.779. The summed E-state index contributed by atoms with van der Waals surface area (Å²) in [5.74, 6) is 0. The number of hydrogen-bond acceptors (Lipinski definition) is 0. The second-order valence-corrected chi connectivity index (χ2v) is 2.38. The van der Waals surface area contributed by atoms with Crippen LogP contribution < -0.4 is 0 Å². The van der Waals surface area contributed by atoms with Gasteiger partial charge in [-0.1, -0.05) is 31.3 Å². The molecule has 9 heavy (non-hydrogen) atoms. The average molecular weight is 122 g/mol. The van der Waals surface area contributed by atoms with Crippen molar-refractivity contribution in [1.82, 2.24) is 0 Å². The first kappa shape index (κ1) is 8.80. The summed E-state index contributed by atoms with van der Waals surface area (Å²) in [6.07, 6.45) is 6.50. The first-order chi connectivity index (χ1) is 4.31. The highest BCUT2D eigenvalue weighted by molar-refractivity contribution is 6.08. The van der Waals surface area contributed by atoms with E-state index < -0.39 is 0 Å². The lowest BCUT2D eigenvalue weighted by Gasteiger charge is -1.95. The van der Waals surface area contributed by atoms with Crippen molar-refractivity contribution in [1.29, 1.82) is 0 Å². The fourth-order valence-corrected chi connectivity index (χ4v) is 0.826. The molecule has 0 fully saturated rings. The minimum Gasteiger partial charge on any atom is -0.0863 e. The van der Waals surface area contributed by atoms with Crippen LogP contribution in [0.15, 0.2) is 11.6 Å². The molecule has 0 N–H and O–H groups in total. The Balaban J connectivity index is 3.30. The highest BCUT2D eigenvalue weighted by Crippen LogP contribution is 2.04. The largest absolute Gasteiger partial charge is 0.0863 e. The van der Waals surface area contributed by atoms with Gasteiger partial charge in [-0.05, 0) is 19.8 Å². The molecule has 0 heterocycles. The molecule has 2 radical (unpaired) electrons. The zero-order valence-corrected chi connectivity index (χ0v) is 6.48. The van der Waals surface area contributed by atoms with Crippen LogP contribution >= 0.6 is 0 Å². The highest BCUT2D eigenvalue weighted by atomic mass is 13.9. The Hall–Kier alpha value is -0.195. The first-order valence-electron chi connectivity index (χ1n) is 3.67. The van der Waals surface area contributed by atoms with Crippen LogP contribution in [-0.2, 0) is 0 Å². The second kappa shape index (κ2) is 5.93. The van der Waals surface area contributed by atoms with Gasteiger partial charge in [-0.3, -0.25) is 0 Å². The molecule has 0 saturated heterocycles. The summed E-state index contributed by atoms with van der Waals surface area (Å²) in [4.78, 5) is 0. The molecule has 0 atom stereocenters. The number of rotatable bonds is 4. The number of hydrogen-bond donors (Lipinski definition) is 0. The monoisotopic (exact) mass is 122 g/mol. The molecule has 0 bridgehead atoms. The molecular formula is C8H15B. The van der Waals surface area contributed by atoms with Gasteiger partial charge < -0.3 is 0 Å². The minimum absolute atomic E-state index is 0.779. The summed E-state index contributed by atoms with van der Waals surface area (Å²) in [7, 11) is 5.33. The summed E-state index contributed by atoms with van der Waals surface area (Å²) >= 11 is 0. The van der Waals surface area contributed by atoms with E-state index in [9.17, 15) is 0 Å². The highest BCUT2D eigenvalue weighted by Gasteiger charge is 1.83. The number of allylic oxidation sites excluding steroid dienone is 2. The molecule has 0 unspecified atom stereocenters. The van der Waals surface area contributed by atoms with Crippen LogP contribution in [0.1, 0.15) is 33.1 Å². The van der Waals surface area contributed by atoms with Crippen molar-refractivity contribution in [3.63, 3.8) is 0 Å². The van der Waals surface area contributed by atoms with Crippen LogP contribution in [0.5, 0.6) is 0 Å². The third-order valence-electron chi connectivity index (χ3n) is 1.30. The molecule has 0 saturated carbocycles. The molecular weight excluding hydrogens is 107 g/mol. The van der Waals surface area contributed by atoms with Gasteiger partial charge in [0, 0.05) is 0 Å². The van der Waals surface area contributed by atoms with Crippen molar-refractivity contribution >= 4 is 7.85 Å². The quantitative estimate of drug-likeness (QED) is 0.397. The lowest BCUT2D eigenvalue weighted by molar-refractivity contribution is 0.896. The van der Waals surface area contributed by atoms with E-state index in [1.54, 1.807) is 0 Å². The Morgan fingerprint density at radius 3 is 2.67 bits per heavy atom. The van der Waals surface area contributed by atoms with Gasteiger partial charge >= 0.3 is 0 Å². The summed E-state index contributed by atoms with van der Waals surface area (Å²) in [6, 6.07) is 0. The van der Waals surface area contributed by atoms with Crippen LogP contribution in [0, 0.1) is 0 Å². The second-order valence-electron chi connectivity index (χ2n) is 2.38. The van der Waals surface area contributed by atoms with E-state index in [2.05, 4.69) is 19.9 Å². The SMILES string of the molecule is [B]CCC=C(C)CCC. The topological polar surface area (TPSA) is 0 Å².